The van der Waals surface area contributed by atoms with E-state index in [1.54, 1.807) is 6.92 Å². The Bertz CT molecular complexity index is 515. The molecule has 5 heteroatoms. The normalized spacial score (nSPS) is 13.1. The fourth-order valence-corrected chi connectivity index (χ4v) is 2.33. The van der Waals surface area contributed by atoms with Gasteiger partial charge in [0.25, 0.3) is 0 Å². The van der Waals surface area contributed by atoms with Crippen LogP contribution in [0.4, 0.5) is 8.78 Å². The molecule has 0 saturated heterocycles. The highest BCUT2D eigenvalue weighted by atomic mass is 19.1. The molecule has 0 aromatic heterocycles. The fourth-order valence-electron chi connectivity index (χ4n) is 2.33. The summed E-state index contributed by atoms with van der Waals surface area (Å²) in [6, 6.07) is 1.60. The summed E-state index contributed by atoms with van der Waals surface area (Å²) in [6.07, 6.45) is 0.537. The van der Waals surface area contributed by atoms with Gasteiger partial charge in [0.15, 0.2) is 0 Å². The van der Waals surface area contributed by atoms with Gasteiger partial charge in [0.2, 0.25) is 0 Å². The molecule has 0 radical (unpaired) electrons. The number of ether oxygens (including phenoxy) is 1. The van der Waals surface area contributed by atoms with Crippen LogP contribution in [-0.4, -0.2) is 12.6 Å². The van der Waals surface area contributed by atoms with E-state index in [0.717, 1.165) is 12.1 Å². The second kappa shape index (κ2) is 6.98. The molecule has 0 fully saturated rings. The van der Waals surface area contributed by atoms with Gasteiger partial charge in [0.05, 0.1) is 13.0 Å². The molecule has 0 aliphatic heterocycles. The van der Waals surface area contributed by atoms with Crippen LogP contribution in [-0.2, 0) is 9.53 Å². The standard InChI is InChI=1S/C16H23F2NO2/c1-5-21-15(20)9-16(3,4)8-14(19)11-7-12(17)10(2)6-13(11)18/h6-7,14H,5,8-9,19H2,1-4H3. The Balaban J connectivity index is 2.82. The van der Waals surface area contributed by atoms with Gasteiger partial charge in [-0.05, 0) is 43.4 Å². The average Bonchev–Trinajstić information content (AvgIpc) is 2.32. The van der Waals surface area contributed by atoms with E-state index < -0.39 is 23.1 Å². The molecular formula is C16H23F2NO2. The van der Waals surface area contributed by atoms with Crippen LogP contribution in [0.15, 0.2) is 12.1 Å². The molecule has 0 spiro atoms. The molecule has 0 heterocycles. The van der Waals surface area contributed by atoms with Gasteiger partial charge < -0.3 is 10.5 Å². The van der Waals surface area contributed by atoms with E-state index in [4.69, 9.17) is 10.5 Å². The van der Waals surface area contributed by atoms with Gasteiger partial charge in [0, 0.05) is 11.6 Å². The van der Waals surface area contributed by atoms with Crippen molar-refractivity contribution in [2.45, 2.75) is 46.6 Å². The van der Waals surface area contributed by atoms with Crippen LogP contribution in [0, 0.1) is 24.0 Å². The monoisotopic (exact) mass is 299 g/mol. The lowest BCUT2D eigenvalue weighted by Crippen LogP contribution is -2.25. The van der Waals surface area contributed by atoms with Crippen LogP contribution < -0.4 is 5.73 Å². The number of carbonyl (C=O) groups is 1. The molecule has 1 aromatic carbocycles. The van der Waals surface area contributed by atoms with Gasteiger partial charge in [-0.15, -0.1) is 0 Å². The Morgan fingerprint density at radius 2 is 1.95 bits per heavy atom. The van der Waals surface area contributed by atoms with E-state index >= 15 is 0 Å². The lowest BCUT2D eigenvalue weighted by atomic mass is 9.81. The van der Waals surface area contributed by atoms with Gasteiger partial charge in [-0.3, -0.25) is 4.79 Å². The first-order valence-electron chi connectivity index (χ1n) is 7.03. The maximum atomic E-state index is 13.9. The molecule has 1 aromatic rings. The first kappa shape index (κ1) is 17.6. The summed E-state index contributed by atoms with van der Waals surface area (Å²) in [7, 11) is 0. The molecule has 21 heavy (non-hydrogen) atoms. The quantitative estimate of drug-likeness (QED) is 0.816. The third kappa shape index (κ3) is 5.08. The minimum absolute atomic E-state index is 0.134. The van der Waals surface area contributed by atoms with E-state index in [0.29, 0.717) is 13.0 Å². The maximum absolute atomic E-state index is 13.9. The summed E-state index contributed by atoms with van der Waals surface area (Å²) < 4.78 is 32.4. The van der Waals surface area contributed by atoms with Crippen molar-refractivity contribution in [3.05, 3.63) is 34.9 Å². The van der Waals surface area contributed by atoms with E-state index in [2.05, 4.69) is 0 Å². The third-order valence-electron chi connectivity index (χ3n) is 3.38. The molecule has 0 aliphatic carbocycles. The zero-order valence-electron chi connectivity index (χ0n) is 13.0. The van der Waals surface area contributed by atoms with Crippen LogP contribution in [0.5, 0.6) is 0 Å². The Hall–Kier alpha value is -1.49. The maximum Gasteiger partial charge on any atom is 0.306 e. The summed E-state index contributed by atoms with van der Waals surface area (Å²) in [5, 5.41) is 0. The fraction of sp³-hybridized carbons (Fsp3) is 0.562. The van der Waals surface area contributed by atoms with Crippen LogP contribution >= 0.6 is 0 Å². The minimum Gasteiger partial charge on any atom is -0.466 e. The largest absolute Gasteiger partial charge is 0.466 e. The van der Waals surface area contributed by atoms with Gasteiger partial charge in [-0.25, -0.2) is 8.78 Å². The van der Waals surface area contributed by atoms with Crippen molar-refractivity contribution >= 4 is 5.97 Å². The molecule has 1 atom stereocenters. The van der Waals surface area contributed by atoms with Crippen LogP contribution in [0.3, 0.4) is 0 Å². The average molecular weight is 299 g/mol. The van der Waals surface area contributed by atoms with Crippen molar-refractivity contribution in [2.75, 3.05) is 6.61 Å². The predicted molar refractivity (Wildman–Crippen MR) is 77.7 cm³/mol. The van der Waals surface area contributed by atoms with E-state index in [1.807, 2.05) is 13.8 Å². The Kier molecular flexibility index (Phi) is 5.84. The summed E-state index contributed by atoms with van der Waals surface area (Å²) in [6.45, 7) is 7.26. The number of hydrogen-bond acceptors (Lipinski definition) is 3. The van der Waals surface area contributed by atoms with Gasteiger partial charge in [-0.1, -0.05) is 13.8 Å². The van der Waals surface area contributed by atoms with E-state index in [1.165, 1.54) is 6.92 Å². The molecule has 2 N–H and O–H groups in total. The topological polar surface area (TPSA) is 52.3 Å². The number of hydrogen-bond donors (Lipinski definition) is 1. The SMILES string of the molecule is CCOC(=O)CC(C)(C)CC(N)c1cc(F)c(C)cc1F. The first-order valence-corrected chi connectivity index (χ1v) is 7.03. The zero-order valence-corrected chi connectivity index (χ0v) is 13.0. The summed E-state index contributed by atoms with van der Waals surface area (Å²) in [4.78, 5) is 11.5. The summed E-state index contributed by atoms with van der Waals surface area (Å²) in [5.41, 5.74) is 5.91. The Labute approximate surface area is 124 Å². The number of halogens is 2. The van der Waals surface area contributed by atoms with E-state index in [-0.39, 0.29) is 23.5 Å². The molecule has 0 aliphatic rings. The summed E-state index contributed by atoms with van der Waals surface area (Å²) in [5.74, 6) is -1.32. The van der Waals surface area contributed by atoms with Crippen LogP contribution in [0.2, 0.25) is 0 Å². The van der Waals surface area contributed by atoms with Crippen molar-refractivity contribution in [1.29, 1.82) is 0 Å². The van der Waals surface area contributed by atoms with Crippen molar-refractivity contribution in [1.82, 2.24) is 0 Å². The Morgan fingerprint density at radius 1 is 1.33 bits per heavy atom. The number of carbonyl (C=O) groups excluding carboxylic acids is 1. The van der Waals surface area contributed by atoms with Crippen molar-refractivity contribution in [2.24, 2.45) is 11.1 Å². The highest BCUT2D eigenvalue weighted by Gasteiger charge is 2.27. The molecule has 1 unspecified atom stereocenters. The molecular weight excluding hydrogens is 276 g/mol. The summed E-state index contributed by atoms with van der Waals surface area (Å²) >= 11 is 0. The van der Waals surface area contributed by atoms with Gasteiger partial charge in [0.1, 0.15) is 11.6 Å². The second-order valence-electron chi connectivity index (χ2n) is 6.08. The lowest BCUT2D eigenvalue weighted by Gasteiger charge is -2.27. The molecule has 3 nitrogen and oxygen atoms in total. The molecule has 118 valence electrons. The predicted octanol–water partition coefficient (Wildman–Crippen LogP) is 3.64. The van der Waals surface area contributed by atoms with Gasteiger partial charge in [-0.2, -0.15) is 0 Å². The van der Waals surface area contributed by atoms with Crippen molar-refractivity contribution in [3.8, 4) is 0 Å². The molecule has 0 saturated carbocycles. The smallest absolute Gasteiger partial charge is 0.306 e. The minimum atomic E-state index is -0.676. The highest BCUT2D eigenvalue weighted by molar-refractivity contribution is 5.70. The van der Waals surface area contributed by atoms with Crippen molar-refractivity contribution in [3.63, 3.8) is 0 Å². The van der Waals surface area contributed by atoms with E-state index in [9.17, 15) is 13.6 Å². The number of benzene rings is 1. The lowest BCUT2D eigenvalue weighted by molar-refractivity contribution is -0.145. The number of esters is 1. The number of nitrogens with two attached hydrogens (primary N) is 1. The third-order valence-corrected chi connectivity index (χ3v) is 3.38. The molecule has 0 bridgehead atoms. The number of rotatable bonds is 6. The zero-order chi connectivity index (χ0) is 16.2. The van der Waals surface area contributed by atoms with Crippen molar-refractivity contribution < 1.29 is 18.3 Å². The Morgan fingerprint density at radius 3 is 2.52 bits per heavy atom. The molecule has 0 amide bonds. The van der Waals surface area contributed by atoms with Crippen LogP contribution in [0.1, 0.15) is 50.8 Å². The second-order valence-corrected chi connectivity index (χ2v) is 6.08. The highest BCUT2D eigenvalue weighted by Crippen LogP contribution is 2.33. The molecule has 1 rings (SSSR count). The van der Waals surface area contributed by atoms with Gasteiger partial charge >= 0.3 is 5.97 Å². The first-order chi connectivity index (χ1) is 9.66. The number of aryl methyl sites for hydroxylation is 1. The van der Waals surface area contributed by atoms with Crippen LogP contribution in [0.25, 0.3) is 0 Å².